The van der Waals surface area contributed by atoms with Gasteiger partial charge in [-0.05, 0) is 12.8 Å². The molecular weight excluding hydrogens is 186 g/mol. The molecule has 1 aliphatic carbocycles. The minimum absolute atomic E-state index is 0.134. The third-order valence-corrected chi connectivity index (χ3v) is 3.26. The minimum atomic E-state index is 0.134. The van der Waals surface area contributed by atoms with Crippen molar-refractivity contribution in [3.63, 3.8) is 0 Å². The highest BCUT2D eigenvalue weighted by Gasteiger charge is 2.09. The molecule has 2 heteroatoms. The summed E-state index contributed by atoms with van der Waals surface area (Å²) < 4.78 is 0. The number of carbonyl (C=O) groups excluding carboxylic acids is 1. The van der Waals surface area contributed by atoms with E-state index in [4.69, 9.17) is 0 Å². The largest absolute Gasteiger partial charge is 0.354 e. The van der Waals surface area contributed by atoms with Crippen LogP contribution in [0.3, 0.4) is 0 Å². The van der Waals surface area contributed by atoms with Crippen LogP contribution >= 0.6 is 0 Å². The smallest absolute Gasteiger partial charge is 0.217 e. The van der Waals surface area contributed by atoms with E-state index >= 15 is 0 Å². The number of rotatable bonds is 1. The van der Waals surface area contributed by atoms with Crippen molar-refractivity contribution in [2.45, 2.75) is 77.2 Å². The van der Waals surface area contributed by atoms with Crippen LogP contribution in [-0.4, -0.2) is 11.9 Å². The van der Waals surface area contributed by atoms with Crippen LogP contribution in [0.15, 0.2) is 0 Å². The first-order valence-electron chi connectivity index (χ1n) is 6.56. The molecular formula is C13H25NO. The number of carbonyl (C=O) groups is 1. The van der Waals surface area contributed by atoms with Gasteiger partial charge >= 0.3 is 0 Å². The highest BCUT2D eigenvalue weighted by atomic mass is 16.1. The van der Waals surface area contributed by atoms with Gasteiger partial charge in [0.05, 0.1) is 0 Å². The van der Waals surface area contributed by atoms with Crippen LogP contribution in [0.1, 0.15) is 71.1 Å². The summed E-state index contributed by atoms with van der Waals surface area (Å²) in [4.78, 5) is 11.0. The van der Waals surface area contributed by atoms with Gasteiger partial charge < -0.3 is 5.32 Å². The van der Waals surface area contributed by atoms with Gasteiger partial charge in [-0.3, -0.25) is 4.79 Å². The van der Waals surface area contributed by atoms with E-state index in [0.29, 0.717) is 6.04 Å². The van der Waals surface area contributed by atoms with Crippen LogP contribution in [0.2, 0.25) is 0 Å². The molecule has 15 heavy (non-hydrogen) atoms. The molecule has 1 saturated carbocycles. The molecule has 0 spiro atoms. The van der Waals surface area contributed by atoms with Gasteiger partial charge in [0, 0.05) is 13.0 Å². The molecule has 1 aliphatic rings. The molecule has 1 N–H and O–H groups in total. The normalized spacial score (nSPS) is 21.7. The molecule has 0 radical (unpaired) electrons. The second-order valence-electron chi connectivity index (χ2n) is 4.80. The number of hydrogen-bond acceptors (Lipinski definition) is 1. The first kappa shape index (κ1) is 12.5. The van der Waals surface area contributed by atoms with Crippen LogP contribution in [0, 0.1) is 0 Å². The van der Waals surface area contributed by atoms with Gasteiger partial charge in [0.25, 0.3) is 0 Å². The lowest BCUT2D eigenvalue weighted by Gasteiger charge is -2.17. The summed E-state index contributed by atoms with van der Waals surface area (Å²) in [5.41, 5.74) is 0. The van der Waals surface area contributed by atoms with Crippen LogP contribution in [0.5, 0.6) is 0 Å². The van der Waals surface area contributed by atoms with Gasteiger partial charge in [-0.15, -0.1) is 0 Å². The predicted molar refractivity (Wildman–Crippen MR) is 63.8 cm³/mol. The Bertz CT molecular complexity index is 167. The lowest BCUT2D eigenvalue weighted by Crippen LogP contribution is -2.32. The Morgan fingerprint density at radius 2 is 1.27 bits per heavy atom. The summed E-state index contributed by atoms with van der Waals surface area (Å²) in [6.45, 7) is 1.63. The first-order valence-corrected chi connectivity index (χ1v) is 6.56. The quantitative estimate of drug-likeness (QED) is 0.707. The second kappa shape index (κ2) is 7.72. The fourth-order valence-electron chi connectivity index (χ4n) is 2.42. The van der Waals surface area contributed by atoms with E-state index in [-0.39, 0.29) is 5.91 Å². The maximum atomic E-state index is 11.0. The van der Waals surface area contributed by atoms with Crippen molar-refractivity contribution in [2.24, 2.45) is 0 Å². The molecule has 0 unspecified atom stereocenters. The maximum absolute atomic E-state index is 11.0. The molecule has 2 nitrogen and oxygen atoms in total. The predicted octanol–water partition coefficient (Wildman–Crippen LogP) is 3.41. The van der Waals surface area contributed by atoms with Gasteiger partial charge in [0.15, 0.2) is 0 Å². The van der Waals surface area contributed by atoms with Crippen molar-refractivity contribution < 1.29 is 4.79 Å². The Hall–Kier alpha value is -0.530. The van der Waals surface area contributed by atoms with E-state index in [1.807, 2.05) is 0 Å². The van der Waals surface area contributed by atoms with Crippen molar-refractivity contribution in [2.75, 3.05) is 0 Å². The van der Waals surface area contributed by atoms with Gasteiger partial charge in [-0.2, -0.15) is 0 Å². The van der Waals surface area contributed by atoms with Crippen molar-refractivity contribution in [1.29, 1.82) is 0 Å². The fraction of sp³-hybridized carbons (Fsp3) is 0.923. The monoisotopic (exact) mass is 211 g/mol. The van der Waals surface area contributed by atoms with Gasteiger partial charge in [0.2, 0.25) is 5.91 Å². The standard InChI is InChI=1S/C13H25NO/c1-12(15)14-13-10-8-6-4-2-3-5-7-9-11-13/h13H,2-11H2,1H3,(H,14,15). The summed E-state index contributed by atoms with van der Waals surface area (Å²) in [7, 11) is 0. The number of nitrogens with one attached hydrogen (secondary N) is 1. The Kier molecular flexibility index (Phi) is 6.45. The second-order valence-corrected chi connectivity index (χ2v) is 4.80. The fourth-order valence-corrected chi connectivity index (χ4v) is 2.42. The zero-order valence-electron chi connectivity index (χ0n) is 10.1. The molecule has 0 aromatic rings. The summed E-state index contributed by atoms with van der Waals surface area (Å²) >= 11 is 0. The summed E-state index contributed by atoms with van der Waals surface area (Å²) in [6, 6.07) is 0.445. The van der Waals surface area contributed by atoms with Crippen LogP contribution in [0.4, 0.5) is 0 Å². The molecule has 0 bridgehead atoms. The maximum Gasteiger partial charge on any atom is 0.217 e. The average Bonchev–Trinajstić information content (AvgIpc) is 2.23. The lowest BCUT2D eigenvalue weighted by molar-refractivity contribution is -0.119. The molecule has 0 aliphatic heterocycles. The summed E-state index contributed by atoms with van der Waals surface area (Å²) in [5.74, 6) is 0.134. The molecule has 0 heterocycles. The highest BCUT2D eigenvalue weighted by Crippen LogP contribution is 2.16. The summed E-state index contributed by atoms with van der Waals surface area (Å²) in [5, 5.41) is 3.08. The molecule has 1 amide bonds. The number of hydrogen-bond donors (Lipinski definition) is 1. The van der Waals surface area contributed by atoms with Crippen molar-refractivity contribution >= 4 is 5.91 Å². The summed E-state index contributed by atoms with van der Waals surface area (Å²) in [6.07, 6.45) is 13.2. The van der Waals surface area contributed by atoms with Gasteiger partial charge in [0.1, 0.15) is 0 Å². The zero-order valence-corrected chi connectivity index (χ0v) is 10.1. The average molecular weight is 211 g/mol. The van der Waals surface area contributed by atoms with E-state index in [1.54, 1.807) is 6.92 Å². The highest BCUT2D eigenvalue weighted by molar-refractivity contribution is 5.73. The van der Waals surface area contributed by atoms with Crippen molar-refractivity contribution in [3.05, 3.63) is 0 Å². The van der Waals surface area contributed by atoms with Gasteiger partial charge in [-0.1, -0.05) is 51.4 Å². The van der Waals surface area contributed by atoms with E-state index < -0.39 is 0 Å². The van der Waals surface area contributed by atoms with E-state index in [0.717, 1.165) is 0 Å². The van der Waals surface area contributed by atoms with Crippen LogP contribution in [-0.2, 0) is 4.79 Å². The molecule has 1 fully saturated rings. The molecule has 0 atom stereocenters. The van der Waals surface area contributed by atoms with E-state index in [2.05, 4.69) is 5.32 Å². The van der Waals surface area contributed by atoms with E-state index in [9.17, 15) is 4.79 Å². The first-order chi connectivity index (χ1) is 7.29. The molecule has 0 aromatic carbocycles. The van der Waals surface area contributed by atoms with E-state index in [1.165, 1.54) is 64.2 Å². The van der Waals surface area contributed by atoms with Crippen LogP contribution in [0.25, 0.3) is 0 Å². The number of amides is 1. The third kappa shape index (κ3) is 6.53. The topological polar surface area (TPSA) is 29.1 Å². The third-order valence-electron chi connectivity index (χ3n) is 3.26. The zero-order chi connectivity index (χ0) is 10.9. The van der Waals surface area contributed by atoms with Crippen molar-refractivity contribution in [3.8, 4) is 0 Å². The van der Waals surface area contributed by atoms with Gasteiger partial charge in [-0.25, -0.2) is 0 Å². The molecule has 0 aromatic heterocycles. The lowest BCUT2D eigenvalue weighted by atomic mass is 10.0. The minimum Gasteiger partial charge on any atom is -0.354 e. The molecule has 1 rings (SSSR count). The van der Waals surface area contributed by atoms with Crippen molar-refractivity contribution in [1.82, 2.24) is 5.32 Å². The Morgan fingerprint density at radius 1 is 0.867 bits per heavy atom. The Balaban J connectivity index is 2.28. The van der Waals surface area contributed by atoms with Crippen LogP contribution < -0.4 is 5.32 Å². The SMILES string of the molecule is CC(=O)NC1CCCCCCCCCC1. The molecule has 88 valence electrons. The Labute approximate surface area is 93.8 Å². The molecule has 0 saturated heterocycles. The Morgan fingerprint density at radius 3 is 1.67 bits per heavy atom.